The largest absolute Gasteiger partial charge is 0.481 e. The van der Waals surface area contributed by atoms with Crippen molar-refractivity contribution in [3.05, 3.63) is 23.2 Å². The van der Waals surface area contributed by atoms with Gasteiger partial charge in [-0.1, -0.05) is 11.6 Å². The maximum Gasteiger partial charge on any atom is 0.326 e. The van der Waals surface area contributed by atoms with Gasteiger partial charge in [0.2, 0.25) is 0 Å². The van der Waals surface area contributed by atoms with E-state index in [0.29, 0.717) is 0 Å². The lowest BCUT2D eigenvalue weighted by Crippen LogP contribution is -2.41. The lowest BCUT2D eigenvalue weighted by Gasteiger charge is -2.12. The Morgan fingerprint density at radius 1 is 1.26 bits per heavy atom. The first-order valence-electron chi connectivity index (χ1n) is 5.13. The molecule has 0 aliphatic rings. The monoisotopic (exact) mass is 287 g/mol. The Labute approximate surface area is 112 Å². The fourth-order valence-electron chi connectivity index (χ4n) is 1.19. The van der Waals surface area contributed by atoms with Crippen molar-refractivity contribution in [1.29, 1.82) is 0 Å². The molecular formula is C10H10ClN3O5. The molecule has 3 N–H and O–H groups in total. The summed E-state index contributed by atoms with van der Waals surface area (Å²) < 4.78 is 0. The number of amides is 1. The minimum atomic E-state index is -1.32. The molecule has 8 nitrogen and oxygen atoms in total. The van der Waals surface area contributed by atoms with Crippen LogP contribution in [-0.4, -0.2) is 44.1 Å². The number of aliphatic carboxylic acids is 2. The highest BCUT2D eigenvalue weighted by atomic mass is 35.5. The normalized spacial score (nSPS) is 11.6. The molecule has 0 radical (unpaired) electrons. The van der Waals surface area contributed by atoms with E-state index < -0.39 is 23.9 Å². The zero-order valence-corrected chi connectivity index (χ0v) is 10.3. The summed E-state index contributed by atoms with van der Waals surface area (Å²) in [7, 11) is 0. The van der Waals surface area contributed by atoms with Crippen molar-refractivity contribution in [3.8, 4) is 0 Å². The van der Waals surface area contributed by atoms with Gasteiger partial charge in [-0.25, -0.2) is 14.8 Å². The van der Waals surface area contributed by atoms with Crippen LogP contribution < -0.4 is 5.32 Å². The average molecular weight is 288 g/mol. The first kappa shape index (κ1) is 14.8. The third-order valence-electron chi connectivity index (χ3n) is 2.10. The molecule has 1 aromatic rings. The van der Waals surface area contributed by atoms with Gasteiger partial charge in [-0.15, -0.1) is 0 Å². The van der Waals surface area contributed by atoms with Gasteiger partial charge in [-0.3, -0.25) is 9.59 Å². The lowest BCUT2D eigenvalue weighted by molar-refractivity contribution is -0.140. The molecule has 1 rings (SSSR count). The fourth-order valence-corrected chi connectivity index (χ4v) is 1.28. The lowest BCUT2D eigenvalue weighted by atomic mass is 10.1. The molecule has 0 saturated heterocycles. The van der Waals surface area contributed by atoms with Crippen LogP contribution >= 0.6 is 11.6 Å². The number of nitrogens with zero attached hydrogens (tertiary/aromatic N) is 2. The van der Waals surface area contributed by atoms with Crippen molar-refractivity contribution in [2.45, 2.75) is 18.9 Å². The van der Waals surface area contributed by atoms with Gasteiger partial charge in [0.05, 0.1) is 12.4 Å². The molecule has 19 heavy (non-hydrogen) atoms. The summed E-state index contributed by atoms with van der Waals surface area (Å²) in [6.45, 7) is 0. The number of hydrogen-bond acceptors (Lipinski definition) is 5. The number of rotatable bonds is 6. The average Bonchev–Trinajstić information content (AvgIpc) is 2.34. The number of carbonyl (C=O) groups excluding carboxylic acids is 1. The Morgan fingerprint density at radius 2 is 1.95 bits per heavy atom. The number of nitrogens with one attached hydrogen (secondary N) is 1. The van der Waals surface area contributed by atoms with Crippen molar-refractivity contribution in [1.82, 2.24) is 15.3 Å². The van der Waals surface area contributed by atoms with Gasteiger partial charge >= 0.3 is 11.9 Å². The van der Waals surface area contributed by atoms with E-state index >= 15 is 0 Å². The maximum atomic E-state index is 11.6. The second kappa shape index (κ2) is 6.64. The molecule has 1 amide bonds. The maximum absolute atomic E-state index is 11.6. The molecule has 9 heteroatoms. The fraction of sp³-hybridized carbons (Fsp3) is 0.300. The standard InChI is InChI=1S/C10H10ClN3O5/c11-7-4-12-6(3-13-7)9(17)14-5(10(18)19)1-2-8(15)16/h3-5H,1-2H2,(H,14,17)(H,15,16)(H,18,19). The minimum absolute atomic E-state index is 0.0946. The van der Waals surface area contributed by atoms with E-state index in [1.807, 2.05) is 0 Å². The van der Waals surface area contributed by atoms with E-state index in [2.05, 4.69) is 15.3 Å². The number of hydrogen-bond donors (Lipinski definition) is 3. The van der Waals surface area contributed by atoms with Crippen LogP contribution in [0.25, 0.3) is 0 Å². The van der Waals surface area contributed by atoms with Crippen molar-refractivity contribution in [3.63, 3.8) is 0 Å². The van der Waals surface area contributed by atoms with Gasteiger partial charge in [0.1, 0.15) is 16.9 Å². The molecule has 0 bridgehead atoms. The predicted octanol–water partition coefficient (Wildman–Crippen LogP) is 0.178. The van der Waals surface area contributed by atoms with Crippen LogP contribution in [0.4, 0.5) is 0 Å². The Morgan fingerprint density at radius 3 is 2.42 bits per heavy atom. The summed E-state index contributed by atoms with van der Waals surface area (Å²) >= 11 is 5.49. The van der Waals surface area contributed by atoms with Gasteiger partial charge in [0.25, 0.3) is 5.91 Å². The summed E-state index contributed by atoms with van der Waals surface area (Å²) in [6.07, 6.45) is 1.64. The smallest absolute Gasteiger partial charge is 0.326 e. The molecule has 102 valence electrons. The Kier molecular flexibility index (Phi) is 5.19. The molecule has 1 atom stereocenters. The van der Waals surface area contributed by atoms with Crippen molar-refractivity contribution >= 4 is 29.4 Å². The van der Waals surface area contributed by atoms with Gasteiger partial charge in [-0.2, -0.15) is 0 Å². The summed E-state index contributed by atoms with van der Waals surface area (Å²) in [4.78, 5) is 40.2. The van der Waals surface area contributed by atoms with Gasteiger partial charge in [0.15, 0.2) is 0 Å². The zero-order chi connectivity index (χ0) is 14.4. The Hall–Kier alpha value is -2.22. The highest BCUT2D eigenvalue weighted by Crippen LogP contribution is 2.03. The van der Waals surface area contributed by atoms with Crippen LogP contribution in [0.15, 0.2) is 12.4 Å². The number of carboxylic acids is 2. The van der Waals surface area contributed by atoms with Crippen molar-refractivity contribution in [2.75, 3.05) is 0 Å². The second-order valence-corrected chi connectivity index (χ2v) is 3.91. The first-order valence-corrected chi connectivity index (χ1v) is 5.51. The highest BCUT2D eigenvalue weighted by Gasteiger charge is 2.22. The first-order chi connectivity index (χ1) is 8.90. The van der Waals surface area contributed by atoms with E-state index in [0.717, 1.165) is 12.4 Å². The quantitative estimate of drug-likeness (QED) is 0.680. The second-order valence-electron chi connectivity index (χ2n) is 3.52. The Balaban J connectivity index is 2.68. The molecule has 1 unspecified atom stereocenters. The summed E-state index contributed by atoms with van der Waals surface area (Å²) in [6, 6.07) is -1.30. The predicted molar refractivity (Wildman–Crippen MR) is 62.8 cm³/mol. The molecule has 0 aliphatic heterocycles. The van der Waals surface area contributed by atoms with Crippen LogP contribution in [-0.2, 0) is 9.59 Å². The molecular weight excluding hydrogens is 278 g/mol. The molecule has 0 saturated carbocycles. The van der Waals surface area contributed by atoms with Crippen LogP contribution in [0.5, 0.6) is 0 Å². The summed E-state index contributed by atoms with van der Waals surface area (Å²) in [5.74, 6) is -3.23. The molecule has 1 heterocycles. The summed E-state index contributed by atoms with van der Waals surface area (Å²) in [5.41, 5.74) is -0.106. The SMILES string of the molecule is O=C(O)CCC(NC(=O)c1cnc(Cl)cn1)C(=O)O. The van der Waals surface area contributed by atoms with Crippen molar-refractivity contribution < 1.29 is 24.6 Å². The number of aromatic nitrogens is 2. The van der Waals surface area contributed by atoms with Crippen LogP contribution in [0.3, 0.4) is 0 Å². The van der Waals surface area contributed by atoms with Crippen LogP contribution in [0.1, 0.15) is 23.3 Å². The summed E-state index contributed by atoms with van der Waals surface area (Å²) in [5, 5.41) is 19.6. The van der Waals surface area contributed by atoms with E-state index in [-0.39, 0.29) is 23.7 Å². The topological polar surface area (TPSA) is 129 Å². The Bertz CT molecular complexity index is 490. The molecule has 0 spiro atoms. The minimum Gasteiger partial charge on any atom is -0.481 e. The van der Waals surface area contributed by atoms with Crippen LogP contribution in [0, 0.1) is 0 Å². The van der Waals surface area contributed by atoms with E-state index in [4.69, 9.17) is 21.8 Å². The molecule has 0 aromatic carbocycles. The molecule has 0 aliphatic carbocycles. The molecule has 1 aromatic heterocycles. The van der Waals surface area contributed by atoms with Gasteiger partial charge in [0, 0.05) is 6.42 Å². The van der Waals surface area contributed by atoms with E-state index in [1.165, 1.54) is 0 Å². The zero-order valence-electron chi connectivity index (χ0n) is 9.54. The van der Waals surface area contributed by atoms with E-state index in [1.54, 1.807) is 0 Å². The number of halogens is 1. The van der Waals surface area contributed by atoms with Gasteiger partial charge in [-0.05, 0) is 6.42 Å². The molecule has 0 fully saturated rings. The van der Waals surface area contributed by atoms with E-state index in [9.17, 15) is 14.4 Å². The van der Waals surface area contributed by atoms with Gasteiger partial charge < -0.3 is 15.5 Å². The highest BCUT2D eigenvalue weighted by molar-refractivity contribution is 6.29. The third-order valence-corrected chi connectivity index (χ3v) is 2.30. The van der Waals surface area contributed by atoms with Crippen LogP contribution in [0.2, 0.25) is 5.15 Å². The third kappa shape index (κ3) is 4.88. The number of carboxylic acid groups (broad SMARTS) is 2. The van der Waals surface area contributed by atoms with Crippen molar-refractivity contribution in [2.24, 2.45) is 0 Å². The number of carbonyl (C=O) groups is 3.